The van der Waals surface area contributed by atoms with Crippen molar-refractivity contribution in [2.24, 2.45) is 18.2 Å². The van der Waals surface area contributed by atoms with Gasteiger partial charge in [-0.2, -0.15) is 0 Å². The zero-order valence-electron chi connectivity index (χ0n) is 12.5. The predicted octanol–water partition coefficient (Wildman–Crippen LogP) is 2.16. The van der Waals surface area contributed by atoms with Crippen LogP contribution in [-0.2, 0) is 7.05 Å². The van der Waals surface area contributed by atoms with Gasteiger partial charge in [-0.1, -0.05) is 19.9 Å². The molecule has 1 aromatic carbocycles. The summed E-state index contributed by atoms with van der Waals surface area (Å²) in [6, 6.07) is 6.79. The summed E-state index contributed by atoms with van der Waals surface area (Å²) in [6.45, 7) is 5.07. The van der Waals surface area contributed by atoms with E-state index >= 15 is 0 Å². The van der Waals surface area contributed by atoms with E-state index in [-0.39, 0.29) is 11.5 Å². The van der Waals surface area contributed by atoms with Crippen LogP contribution in [0.4, 0.5) is 0 Å². The number of rotatable bonds is 4. The smallest absolute Gasteiger partial charge is 0.0955 e. The van der Waals surface area contributed by atoms with Crippen LogP contribution in [0.15, 0.2) is 24.5 Å². The van der Waals surface area contributed by atoms with Crippen LogP contribution in [-0.4, -0.2) is 35.1 Å². The maximum absolute atomic E-state index is 5.95. The Hall–Kier alpha value is -1.39. The average Bonchev–Trinajstić information content (AvgIpc) is 2.70. The molecular weight excluding hydrogens is 236 g/mol. The van der Waals surface area contributed by atoms with Crippen molar-refractivity contribution in [2.45, 2.75) is 19.9 Å². The van der Waals surface area contributed by atoms with Crippen molar-refractivity contribution in [3.05, 3.63) is 30.1 Å². The number of fused-ring (bicyclic) bond motifs is 1. The molecule has 0 bridgehead atoms. The van der Waals surface area contributed by atoms with Gasteiger partial charge in [0.1, 0.15) is 0 Å². The highest BCUT2D eigenvalue weighted by molar-refractivity contribution is 5.76. The maximum Gasteiger partial charge on any atom is 0.0955 e. The second-order valence-corrected chi connectivity index (χ2v) is 6.16. The van der Waals surface area contributed by atoms with Crippen LogP contribution in [0.1, 0.15) is 25.5 Å². The van der Waals surface area contributed by atoms with Crippen molar-refractivity contribution >= 4 is 11.0 Å². The molecule has 104 valence electrons. The first kappa shape index (κ1) is 14.0. The SMILES string of the molecule is CN(C)C(c1ccc2c(c1)ncn2C)C(C)(C)CN. The van der Waals surface area contributed by atoms with Crippen LogP contribution < -0.4 is 5.73 Å². The first-order valence-electron chi connectivity index (χ1n) is 6.64. The molecule has 0 spiro atoms. The molecule has 0 amide bonds. The van der Waals surface area contributed by atoms with E-state index in [1.54, 1.807) is 0 Å². The lowest BCUT2D eigenvalue weighted by Crippen LogP contribution is -2.38. The molecule has 4 nitrogen and oxygen atoms in total. The number of aromatic nitrogens is 2. The van der Waals surface area contributed by atoms with Crippen molar-refractivity contribution in [2.75, 3.05) is 20.6 Å². The Morgan fingerprint density at radius 1 is 1.37 bits per heavy atom. The summed E-state index contributed by atoms with van der Waals surface area (Å²) in [4.78, 5) is 6.67. The zero-order valence-corrected chi connectivity index (χ0v) is 12.5. The first-order valence-corrected chi connectivity index (χ1v) is 6.64. The fourth-order valence-electron chi connectivity index (χ4n) is 2.88. The summed E-state index contributed by atoms with van der Waals surface area (Å²) in [5.74, 6) is 0. The minimum atomic E-state index is 0.0198. The van der Waals surface area contributed by atoms with Crippen LogP contribution in [0.2, 0.25) is 0 Å². The number of nitrogens with two attached hydrogens (primary N) is 1. The van der Waals surface area contributed by atoms with Crippen molar-refractivity contribution in [1.29, 1.82) is 0 Å². The lowest BCUT2D eigenvalue weighted by Gasteiger charge is -2.38. The molecule has 0 aliphatic carbocycles. The highest BCUT2D eigenvalue weighted by Gasteiger charge is 2.31. The molecule has 0 radical (unpaired) electrons. The summed E-state index contributed by atoms with van der Waals surface area (Å²) < 4.78 is 2.04. The number of hydrogen-bond donors (Lipinski definition) is 1. The third-order valence-electron chi connectivity index (χ3n) is 3.85. The van der Waals surface area contributed by atoms with Crippen molar-refractivity contribution < 1.29 is 0 Å². The number of aryl methyl sites for hydroxylation is 1. The summed E-state index contributed by atoms with van der Waals surface area (Å²) in [6.07, 6.45) is 1.85. The van der Waals surface area contributed by atoms with Crippen molar-refractivity contribution in [3.8, 4) is 0 Å². The van der Waals surface area contributed by atoms with E-state index in [1.807, 2.05) is 17.9 Å². The molecule has 0 aliphatic heterocycles. The fourth-order valence-corrected chi connectivity index (χ4v) is 2.88. The highest BCUT2D eigenvalue weighted by atomic mass is 15.1. The van der Waals surface area contributed by atoms with Gasteiger partial charge < -0.3 is 15.2 Å². The third-order valence-corrected chi connectivity index (χ3v) is 3.85. The highest BCUT2D eigenvalue weighted by Crippen LogP contribution is 2.37. The van der Waals surface area contributed by atoms with Crippen molar-refractivity contribution in [1.82, 2.24) is 14.5 Å². The summed E-state index contributed by atoms with van der Waals surface area (Å²) in [5, 5.41) is 0. The molecule has 0 saturated heterocycles. The van der Waals surface area contributed by atoms with Gasteiger partial charge in [0.15, 0.2) is 0 Å². The van der Waals surface area contributed by atoms with Gasteiger partial charge in [-0.25, -0.2) is 4.98 Å². The average molecular weight is 260 g/mol. The topological polar surface area (TPSA) is 47.1 Å². The Kier molecular flexibility index (Phi) is 3.65. The molecule has 1 heterocycles. The van der Waals surface area contributed by atoms with E-state index in [0.29, 0.717) is 6.54 Å². The van der Waals surface area contributed by atoms with Crippen LogP contribution in [0.3, 0.4) is 0 Å². The second kappa shape index (κ2) is 4.94. The molecule has 2 N–H and O–H groups in total. The van der Waals surface area contributed by atoms with Crippen molar-refractivity contribution in [3.63, 3.8) is 0 Å². The first-order chi connectivity index (χ1) is 8.86. The quantitative estimate of drug-likeness (QED) is 0.916. The Balaban J connectivity index is 2.50. The fraction of sp³-hybridized carbons (Fsp3) is 0.533. The number of hydrogen-bond acceptors (Lipinski definition) is 3. The number of imidazole rings is 1. The summed E-state index contributed by atoms with van der Waals surface area (Å²) in [7, 11) is 6.22. The van der Waals surface area contributed by atoms with Gasteiger partial charge in [0, 0.05) is 13.1 Å². The number of benzene rings is 1. The molecule has 0 fully saturated rings. The van der Waals surface area contributed by atoms with Crippen LogP contribution >= 0.6 is 0 Å². The van der Waals surface area contributed by atoms with Gasteiger partial charge in [-0.3, -0.25) is 0 Å². The van der Waals surface area contributed by atoms with Gasteiger partial charge in [-0.05, 0) is 43.8 Å². The predicted molar refractivity (Wildman–Crippen MR) is 80.0 cm³/mol. The Labute approximate surface area is 115 Å². The monoisotopic (exact) mass is 260 g/mol. The second-order valence-electron chi connectivity index (χ2n) is 6.16. The lowest BCUT2D eigenvalue weighted by atomic mass is 9.79. The summed E-state index contributed by atoms with van der Waals surface area (Å²) >= 11 is 0. The van der Waals surface area contributed by atoms with Crippen LogP contribution in [0.5, 0.6) is 0 Å². The van der Waals surface area contributed by atoms with Gasteiger partial charge in [-0.15, -0.1) is 0 Å². The lowest BCUT2D eigenvalue weighted by molar-refractivity contribution is 0.143. The van der Waals surface area contributed by atoms with Gasteiger partial charge in [0.2, 0.25) is 0 Å². The van der Waals surface area contributed by atoms with Gasteiger partial charge >= 0.3 is 0 Å². The molecule has 4 heteroatoms. The van der Waals surface area contributed by atoms with Crippen LogP contribution in [0.25, 0.3) is 11.0 Å². The minimum absolute atomic E-state index is 0.0198. The van der Waals surface area contributed by atoms with E-state index in [4.69, 9.17) is 5.73 Å². The molecule has 2 aromatic rings. The van der Waals surface area contributed by atoms with E-state index < -0.39 is 0 Å². The number of nitrogens with zero attached hydrogens (tertiary/aromatic N) is 3. The molecule has 1 atom stereocenters. The molecule has 0 saturated carbocycles. The zero-order chi connectivity index (χ0) is 14.2. The normalized spacial score (nSPS) is 14.3. The minimum Gasteiger partial charge on any atom is -0.334 e. The van der Waals surface area contributed by atoms with E-state index in [0.717, 1.165) is 11.0 Å². The van der Waals surface area contributed by atoms with E-state index in [1.165, 1.54) is 5.56 Å². The molecular formula is C15H24N4. The van der Waals surface area contributed by atoms with Crippen LogP contribution in [0, 0.1) is 5.41 Å². The third kappa shape index (κ3) is 2.51. The maximum atomic E-state index is 5.95. The Bertz CT molecular complexity index is 569. The molecule has 19 heavy (non-hydrogen) atoms. The summed E-state index contributed by atoms with van der Waals surface area (Å²) in [5.41, 5.74) is 9.44. The molecule has 2 rings (SSSR count). The van der Waals surface area contributed by atoms with E-state index in [2.05, 4.69) is 56.0 Å². The molecule has 0 aliphatic rings. The Morgan fingerprint density at radius 2 is 2.05 bits per heavy atom. The Morgan fingerprint density at radius 3 is 2.63 bits per heavy atom. The van der Waals surface area contributed by atoms with E-state index in [9.17, 15) is 0 Å². The molecule has 1 unspecified atom stereocenters. The van der Waals surface area contributed by atoms with Gasteiger partial charge in [0.05, 0.1) is 17.4 Å². The standard InChI is InChI=1S/C15H24N4/c1-15(2,9-16)14(18(3)4)11-6-7-13-12(8-11)17-10-19(13)5/h6-8,10,14H,9,16H2,1-5H3. The largest absolute Gasteiger partial charge is 0.334 e. The van der Waals surface area contributed by atoms with Gasteiger partial charge in [0.25, 0.3) is 0 Å². The molecule has 1 aromatic heterocycles.